The number of para-hydroxylation sites is 1. The van der Waals surface area contributed by atoms with Crippen molar-refractivity contribution in [3.8, 4) is 5.75 Å². The molecule has 1 N–H and O–H groups in total. The van der Waals surface area contributed by atoms with E-state index in [1.54, 1.807) is 36.3 Å². The zero-order chi connectivity index (χ0) is 20.8. The average Bonchev–Trinajstić information content (AvgIpc) is 3.15. The van der Waals surface area contributed by atoms with Gasteiger partial charge in [0, 0.05) is 25.2 Å². The topological polar surface area (TPSA) is 84.9 Å². The first-order valence-corrected chi connectivity index (χ1v) is 9.42. The summed E-state index contributed by atoms with van der Waals surface area (Å²) in [5.74, 6) is -0.293. The van der Waals surface area contributed by atoms with Gasteiger partial charge < -0.3 is 19.7 Å². The predicted molar refractivity (Wildman–Crippen MR) is 108 cm³/mol. The molecule has 7 nitrogen and oxygen atoms in total. The van der Waals surface area contributed by atoms with Crippen LogP contribution in [0.25, 0.3) is 0 Å². The highest BCUT2D eigenvalue weighted by Crippen LogP contribution is 2.26. The van der Waals surface area contributed by atoms with Gasteiger partial charge in [0.1, 0.15) is 5.75 Å². The van der Waals surface area contributed by atoms with Crippen LogP contribution >= 0.6 is 0 Å². The number of carbonyl (C=O) groups excluding carboxylic acids is 3. The highest BCUT2D eigenvalue weighted by Gasteiger charge is 2.35. The van der Waals surface area contributed by atoms with Gasteiger partial charge in [-0.15, -0.1) is 0 Å². The van der Waals surface area contributed by atoms with E-state index >= 15 is 0 Å². The third-order valence-electron chi connectivity index (χ3n) is 4.98. The predicted octanol–water partition coefficient (Wildman–Crippen LogP) is 2.19. The van der Waals surface area contributed by atoms with E-state index in [1.165, 1.54) is 7.11 Å². The molecule has 0 radical (unpaired) electrons. The first-order chi connectivity index (χ1) is 14.0. The lowest BCUT2D eigenvalue weighted by atomic mass is 10.1. The van der Waals surface area contributed by atoms with Crippen molar-refractivity contribution in [1.29, 1.82) is 0 Å². The molecule has 1 fully saturated rings. The molecule has 2 aromatic rings. The molecule has 1 unspecified atom stereocenters. The Morgan fingerprint density at radius 3 is 2.52 bits per heavy atom. The van der Waals surface area contributed by atoms with Crippen LogP contribution in [0.5, 0.6) is 5.75 Å². The second-order valence-electron chi connectivity index (χ2n) is 6.80. The number of anilines is 1. The molecule has 0 aromatic heterocycles. The molecule has 1 aliphatic rings. The smallest absolute Gasteiger partial charge is 0.337 e. The fourth-order valence-electron chi connectivity index (χ4n) is 3.40. The fraction of sp³-hybridized carbons (Fsp3) is 0.318. The summed E-state index contributed by atoms with van der Waals surface area (Å²) in [5.41, 5.74) is 2.09. The Labute approximate surface area is 169 Å². The van der Waals surface area contributed by atoms with Crippen LogP contribution in [0, 0.1) is 5.92 Å². The second-order valence-corrected chi connectivity index (χ2v) is 6.80. The number of nitrogens with one attached hydrogen (secondary N) is 1. The average molecular weight is 396 g/mol. The molecule has 0 aliphatic carbocycles. The zero-order valence-electron chi connectivity index (χ0n) is 16.5. The molecule has 152 valence electrons. The summed E-state index contributed by atoms with van der Waals surface area (Å²) < 4.78 is 9.99. The lowest BCUT2D eigenvalue weighted by Gasteiger charge is -2.17. The molecule has 2 aromatic carbocycles. The van der Waals surface area contributed by atoms with Gasteiger partial charge in [0.2, 0.25) is 11.8 Å². The van der Waals surface area contributed by atoms with E-state index in [4.69, 9.17) is 4.74 Å². The van der Waals surface area contributed by atoms with Crippen molar-refractivity contribution in [1.82, 2.24) is 5.32 Å². The quantitative estimate of drug-likeness (QED) is 0.726. The Hall–Kier alpha value is -3.35. The van der Waals surface area contributed by atoms with Gasteiger partial charge in [0.05, 0.1) is 25.7 Å². The van der Waals surface area contributed by atoms with Gasteiger partial charge in [0.15, 0.2) is 0 Å². The first kappa shape index (κ1) is 20.4. The molecule has 3 rings (SSSR count). The third kappa shape index (κ3) is 4.74. The van der Waals surface area contributed by atoms with Crippen LogP contribution in [0.15, 0.2) is 48.5 Å². The van der Waals surface area contributed by atoms with E-state index in [0.29, 0.717) is 30.8 Å². The first-order valence-electron chi connectivity index (χ1n) is 9.42. The number of amides is 2. The van der Waals surface area contributed by atoms with E-state index in [9.17, 15) is 14.4 Å². The molecule has 0 bridgehead atoms. The molecule has 29 heavy (non-hydrogen) atoms. The van der Waals surface area contributed by atoms with Gasteiger partial charge in [-0.25, -0.2) is 4.79 Å². The maximum absolute atomic E-state index is 12.5. The second kappa shape index (κ2) is 9.23. The molecule has 1 heterocycles. The minimum atomic E-state index is -0.434. The minimum Gasteiger partial charge on any atom is -0.496 e. The van der Waals surface area contributed by atoms with Crippen molar-refractivity contribution < 1.29 is 23.9 Å². The molecule has 1 atom stereocenters. The number of rotatable bonds is 7. The number of nitrogens with zero attached hydrogens (tertiary/aromatic N) is 1. The Kier molecular flexibility index (Phi) is 6.49. The lowest BCUT2D eigenvalue weighted by Crippen LogP contribution is -2.34. The molecular formula is C22H24N2O5. The van der Waals surface area contributed by atoms with E-state index in [0.717, 1.165) is 11.3 Å². The fourth-order valence-corrected chi connectivity index (χ4v) is 3.40. The van der Waals surface area contributed by atoms with E-state index in [-0.39, 0.29) is 18.2 Å². The Balaban J connectivity index is 1.55. The molecule has 0 saturated carbocycles. The van der Waals surface area contributed by atoms with Crippen molar-refractivity contribution in [2.75, 3.05) is 32.2 Å². The third-order valence-corrected chi connectivity index (χ3v) is 4.98. The number of hydrogen-bond donors (Lipinski definition) is 1. The van der Waals surface area contributed by atoms with Crippen molar-refractivity contribution in [3.63, 3.8) is 0 Å². The Bertz CT molecular complexity index is 894. The van der Waals surface area contributed by atoms with Crippen LogP contribution in [0.4, 0.5) is 5.69 Å². The normalized spacial score (nSPS) is 15.9. The van der Waals surface area contributed by atoms with Crippen molar-refractivity contribution in [2.24, 2.45) is 5.92 Å². The highest BCUT2D eigenvalue weighted by atomic mass is 16.5. The number of ether oxygens (including phenoxy) is 2. The molecule has 7 heteroatoms. The van der Waals surface area contributed by atoms with Crippen LogP contribution in [0.2, 0.25) is 0 Å². The molecule has 1 aliphatic heterocycles. The Morgan fingerprint density at radius 2 is 1.83 bits per heavy atom. The molecular weight excluding hydrogens is 372 g/mol. The summed E-state index contributed by atoms with van der Waals surface area (Å²) in [5, 5.41) is 2.91. The zero-order valence-corrected chi connectivity index (χ0v) is 16.5. The molecule has 0 spiro atoms. The van der Waals surface area contributed by atoms with Crippen molar-refractivity contribution in [2.45, 2.75) is 12.8 Å². The van der Waals surface area contributed by atoms with Gasteiger partial charge in [-0.1, -0.05) is 18.2 Å². The summed E-state index contributed by atoms with van der Waals surface area (Å²) in [6.07, 6.45) is 0.814. The van der Waals surface area contributed by atoms with Crippen LogP contribution in [0.3, 0.4) is 0 Å². The Morgan fingerprint density at radius 1 is 1.10 bits per heavy atom. The van der Waals surface area contributed by atoms with E-state index in [1.807, 2.05) is 24.3 Å². The van der Waals surface area contributed by atoms with E-state index in [2.05, 4.69) is 10.1 Å². The number of hydrogen-bond acceptors (Lipinski definition) is 5. The number of carbonyl (C=O) groups is 3. The maximum Gasteiger partial charge on any atom is 0.337 e. The lowest BCUT2D eigenvalue weighted by molar-refractivity contribution is -0.126. The minimum absolute atomic E-state index is 0.110. The van der Waals surface area contributed by atoms with Gasteiger partial charge in [-0.3, -0.25) is 9.59 Å². The van der Waals surface area contributed by atoms with E-state index < -0.39 is 11.9 Å². The summed E-state index contributed by atoms with van der Waals surface area (Å²) >= 11 is 0. The summed E-state index contributed by atoms with van der Waals surface area (Å²) in [4.78, 5) is 38.0. The summed E-state index contributed by atoms with van der Waals surface area (Å²) in [6.45, 7) is 0.786. The molecule has 2 amide bonds. The van der Waals surface area contributed by atoms with Gasteiger partial charge >= 0.3 is 5.97 Å². The van der Waals surface area contributed by atoms with Gasteiger partial charge in [0.25, 0.3) is 0 Å². The largest absolute Gasteiger partial charge is 0.496 e. The number of methoxy groups -OCH3 is 2. The van der Waals surface area contributed by atoms with Crippen LogP contribution in [0.1, 0.15) is 22.3 Å². The van der Waals surface area contributed by atoms with Gasteiger partial charge in [-0.2, -0.15) is 0 Å². The standard InChI is InChI=1S/C22H24N2O5/c1-28-19-6-4-3-5-15(19)11-12-23-21(26)17-13-20(25)24(14-17)18-9-7-16(8-10-18)22(27)29-2/h3-10,17H,11-14H2,1-2H3,(H,23,26). The summed E-state index contributed by atoms with van der Waals surface area (Å²) in [6, 6.07) is 14.3. The highest BCUT2D eigenvalue weighted by molar-refractivity contribution is 6.00. The van der Waals surface area contributed by atoms with Crippen molar-refractivity contribution in [3.05, 3.63) is 59.7 Å². The van der Waals surface area contributed by atoms with Crippen LogP contribution in [-0.4, -0.2) is 45.1 Å². The van der Waals surface area contributed by atoms with Crippen LogP contribution in [-0.2, 0) is 20.7 Å². The molecule has 1 saturated heterocycles. The number of esters is 1. The summed E-state index contributed by atoms with van der Waals surface area (Å²) in [7, 11) is 2.94. The monoisotopic (exact) mass is 396 g/mol. The van der Waals surface area contributed by atoms with Crippen LogP contribution < -0.4 is 15.0 Å². The number of benzene rings is 2. The SMILES string of the molecule is COC(=O)c1ccc(N2CC(C(=O)NCCc3ccccc3OC)CC2=O)cc1. The van der Waals surface area contributed by atoms with Crippen molar-refractivity contribution >= 4 is 23.5 Å². The maximum atomic E-state index is 12.5. The van der Waals surface area contributed by atoms with Gasteiger partial charge in [-0.05, 0) is 42.3 Å².